The van der Waals surface area contributed by atoms with E-state index in [2.05, 4.69) is 10.6 Å². The number of rotatable bonds is 5. The number of nitrogens with one attached hydrogen (secondary N) is 2. The van der Waals surface area contributed by atoms with Crippen molar-refractivity contribution in [2.75, 3.05) is 13.2 Å². The molecule has 2 N–H and O–H groups in total. The van der Waals surface area contributed by atoms with Gasteiger partial charge < -0.3 is 15.4 Å². The zero-order valence-corrected chi connectivity index (χ0v) is 11.9. The van der Waals surface area contributed by atoms with Gasteiger partial charge in [-0.1, -0.05) is 12.1 Å². The molecule has 1 aromatic rings. The number of carbonyl (C=O) groups excluding carboxylic acids is 1. The molecule has 0 saturated carbocycles. The first-order valence-corrected chi connectivity index (χ1v) is 7.45. The first-order valence-electron chi connectivity index (χ1n) is 7.45. The van der Waals surface area contributed by atoms with Gasteiger partial charge in [0.15, 0.2) is 0 Å². The van der Waals surface area contributed by atoms with Gasteiger partial charge in [0.25, 0.3) is 0 Å². The molecule has 1 aromatic carbocycles. The number of fused-ring (bicyclic) bond motifs is 2. The highest BCUT2D eigenvalue weighted by Crippen LogP contribution is 2.33. The summed E-state index contributed by atoms with van der Waals surface area (Å²) in [4.78, 5) is 12.1. The van der Waals surface area contributed by atoms with Crippen molar-refractivity contribution in [2.24, 2.45) is 5.92 Å². The average molecular weight is 274 g/mol. The summed E-state index contributed by atoms with van der Waals surface area (Å²) in [5, 5.41) is 6.48. The Morgan fingerprint density at radius 1 is 1.45 bits per heavy atom. The minimum absolute atomic E-state index is 0.160. The molecule has 108 valence electrons. The molecule has 3 rings (SSSR count). The maximum atomic E-state index is 12.1. The Kier molecular flexibility index (Phi) is 3.92. The third-order valence-corrected chi connectivity index (χ3v) is 4.30. The van der Waals surface area contributed by atoms with Crippen LogP contribution in [0.1, 0.15) is 24.8 Å². The zero-order chi connectivity index (χ0) is 13.9. The van der Waals surface area contributed by atoms with Crippen LogP contribution in [0.3, 0.4) is 0 Å². The fraction of sp³-hybridized carbons (Fsp3) is 0.562. The number of hydrogen-bond acceptors (Lipinski definition) is 3. The number of ether oxygens (including phenoxy) is 1. The quantitative estimate of drug-likeness (QED) is 0.802. The second-order valence-electron chi connectivity index (χ2n) is 5.85. The Labute approximate surface area is 119 Å². The van der Waals surface area contributed by atoms with Crippen LogP contribution in [0.25, 0.3) is 0 Å². The van der Waals surface area contributed by atoms with E-state index < -0.39 is 0 Å². The molecule has 3 unspecified atom stereocenters. The molecule has 2 saturated heterocycles. The molecule has 0 spiro atoms. The lowest BCUT2D eigenvalue weighted by atomic mass is 9.88. The predicted molar refractivity (Wildman–Crippen MR) is 77.7 cm³/mol. The third kappa shape index (κ3) is 2.96. The zero-order valence-electron chi connectivity index (χ0n) is 11.9. The summed E-state index contributed by atoms with van der Waals surface area (Å²) >= 11 is 0. The Bertz CT molecular complexity index is 489. The largest absolute Gasteiger partial charge is 0.492 e. The first kappa shape index (κ1) is 13.4. The molecule has 2 aliphatic heterocycles. The highest BCUT2D eigenvalue weighted by Gasteiger charge is 2.42. The molecule has 2 bridgehead atoms. The van der Waals surface area contributed by atoms with Gasteiger partial charge in [0, 0.05) is 12.1 Å². The maximum absolute atomic E-state index is 12.1. The van der Waals surface area contributed by atoms with E-state index in [1.165, 1.54) is 12.0 Å². The summed E-state index contributed by atoms with van der Waals surface area (Å²) in [5.74, 6) is 1.20. The Balaban J connectivity index is 1.38. The SMILES string of the molecule is Cc1cccc(OCCNC(=O)C2CC3CCC2N3)c1. The molecule has 2 fully saturated rings. The van der Waals surface area contributed by atoms with E-state index in [9.17, 15) is 4.79 Å². The molecule has 0 aliphatic carbocycles. The fourth-order valence-electron chi connectivity index (χ4n) is 3.29. The van der Waals surface area contributed by atoms with Crippen LogP contribution >= 0.6 is 0 Å². The lowest BCUT2D eigenvalue weighted by Gasteiger charge is -2.19. The molecule has 1 amide bonds. The van der Waals surface area contributed by atoms with Crippen LogP contribution < -0.4 is 15.4 Å². The van der Waals surface area contributed by atoms with Crippen molar-refractivity contribution >= 4 is 5.91 Å². The van der Waals surface area contributed by atoms with E-state index in [1.807, 2.05) is 31.2 Å². The maximum Gasteiger partial charge on any atom is 0.224 e. The van der Waals surface area contributed by atoms with Gasteiger partial charge in [0.1, 0.15) is 12.4 Å². The van der Waals surface area contributed by atoms with E-state index in [1.54, 1.807) is 0 Å². The number of benzene rings is 1. The first-order chi connectivity index (χ1) is 9.72. The van der Waals surface area contributed by atoms with E-state index in [-0.39, 0.29) is 11.8 Å². The van der Waals surface area contributed by atoms with Crippen molar-refractivity contribution in [3.63, 3.8) is 0 Å². The van der Waals surface area contributed by atoms with Crippen LogP contribution in [0.4, 0.5) is 0 Å². The number of hydrogen-bond donors (Lipinski definition) is 2. The van der Waals surface area contributed by atoms with Crippen molar-refractivity contribution in [1.82, 2.24) is 10.6 Å². The second kappa shape index (κ2) is 5.83. The highest BCUT2D eigenvalue weighted by atomic mass is 16.5. The van der Waals surface area contributed by atoms with Crippen LogP contribution in [0, 0.1) is 12.8 Å². The van der Waals surface area contributed by atoms with Crippen LogP contribution in [0.15, 0.2) is 24.3 Å². The van der Waals surface area contributed by atoms with Crippen LogP contribution in [0.5, 0.6) is 5.75 Å². The van der Waals surface area contributed by atoms with E-state index in [4.69, 9.17) is 4.74 Å². The molecule has 4 nitrogen and oxygen atoms in total. The normalized spacial score (nSPS) is 27.6. The lowest BCUT2D eigenvalue weighted by Crippen LogP contribution is -2.39. The van der Waals surface area contributed by atoms with Crippen molar-refractivity contribution < 1.29 is 9.53 Å². The summed E-state index contributed by atoms with van der Waals surface area (Å²) in [6, 6.07) is 8.93. The summed E-state index contributed by atoms with van der Waals surface area (Å²) in [5.41, 5.74) is 1.18. The van der Waals surface area contributed by atoms with E-state index >= 15 is 0 Å². The second-order valence-corrected chi connectivity index (χ2v) is 5.85. The van der Waals surface area contributed by atoms with Gasteiger partial charge >= 0.3 is 0 Å². The smallest absolute Gasteiger partial charge is 0.224 e. The topological polar surface area (TPSA) is 50.4 Å². The van der Waals surface area contributed by atoms with E-state index in [0.29, 0.717) is 25.2 Å². The predicted octanol–water partition coefficient (Wildman–Crippen LogP) is 1.63. The van der Waals surface area contributed by atoms with Gasteiger partial charge in [-0.2, -0.15) is 0 Å². The molecular formula is C16H22N2O2. The van der Waals surface area contributed by atoms with E-state index in [0.717, 1.165) is 18.6 Å². The van der Waals surface area contributed by atoms with Crippen LogP contribution in [-0.4, -0.2) is 31.1 Å². The average Bonchev–Trinajstić information content (AvgIpc) is 3.06. The monoisotopic (exact) mass is 274 g/mol. The standard InChI is InChI=1S/C16H22N2O2/c1-11-3-2-4-13(9-11)20-8-7-17-16(19)14-10-12-5-6-15(14)18-12/h2-4,9,12,14-15,18H,5-8,10H2,1H3,(H,17,19). The Hall–Kier alpha value is -1.55. The molecule has 2 heterocycles. The molecule has 3 atom stereocenters. The van der Waals surface area contributed by atoms with Gasteiger partial charge in [-0.25, -0.2) is 0 Å². The molecule has 0 aromatic heterocycles. The molecular weight excluding hydrogens is 252 g/mol. The Morgan fingerprint density at radius 2 is 2.35 bits per heavy atom. The number of amides is 1. The summed E-state index contributed by atoms with van der Waals surface area (Å²) in [7, 11) is 0. The van der Waals surface area contributed by atoms with Gasteiger partial charge in [0.05, 0.1) is 12.5 Å². The third-order valence-electron chi connectivity index (χ3n) is 4.30. The summed E-state index contributed by atoms with van der Waals surface area (Å²) < 4.78 is 5.63. The van der Waals surface area contributed by atoms with Crippen LogP contribution in [0.2, 0.25) is 0 Å². The van der Waals surface area contributed by atoms with Crippen molar-refractivity contribution in [3.05, 3.63) is 29.8 Å². The minimum Gasteiger partial charge on any atom is -0.492 e. The van der Waals surface area contributed by atoms with Crippen molar-refractivity contribution in [3.8, 4) is 5.75 Å². The van der Waals surface area contributed by atoms with Crippen LogP contribution in [-0.2, 0) is 4.79 Å². The minimum atomic E-state index is 0.160. The van der Waals surface area contributed by atoms with Crippen molar-refractivity contribution in [2.45, 2.75) is 38.3 Å². The summed E-state index contributed by atoms with van der Waals surface area (Å²) in [6.45, 7) is 3.13. The number of aryl methyl sites for hydroxylation is 1. The van der Waals surface area contributed by atoms with Gasteiger partial charge in [-0.05, 0) is 43.9 Å². The lowest BCUT2D eigenvalue weighted by molar-refractivity contribution is -0.125. The highest BCUT2D eigenvalue weighted by molar-refractivity contribution is 5.80. The van der Waals surface area contributed by atoms with Gasteiger partial charge in [0.2, 0.25) is 5.91 Å². The van der Waals surface area contributed by atoms with Gasteiger partial charge in [-0.15, -0.1) is 0 Å². The summed E-state index contributed by atoms with van der Waals surface area (Å²) in [6.07, 6.45) is 3.36. The number of carbonyl (C=O) groups is 1. The fourth-order valence-corrected chi connectivity index (χ4v) is 3.29. The van der Waals surface area contributed by atoms with Gasteiger partial charge in [-0.3, -0.25) is 4.79 Å². The Morgan fingerprint density at radius 3 is 3.05 bits per heavy atom. The molecule has 20 heavy (non-hydrogen) atoms. The van der Waals surface area contributed by atoms with Crippen molar-refractivity contribution in [1.29, 1.82) is 0 Å². The molecule has 4 heteroatoms. The molecule has 0 radical (unpaired) electrons. The molecule has 2 aliphatic rings.